The number of esters is 1. The lowest BCUT2D eigenvalue weighted by Crippen LogP contribution is -2.48. The van der Waals surface area contributed by atoms with E-state index in [1.807, 2.05) is 75.4 Å². The molecule has 1 atom stereocenters. The average molecular weight is 527 g/mol. The maximum absolute atomic E-state index is 13.4. The predicted molar refractivity (Wildman–Crippen MR) is 153 cm³/mol. The van der Waals surface area contributed by atoms with Crippen LogP contribution in [-0.2, 0) is 9.53 Å². The fourth-order valence-corrected chi connectivity index (χ4v) is 4.58. The number of nitrogens with zero attached hydrogens (tertiary/aromatic N) is 1. The van der Waals surface area contributed by atoms with Crippen molar-refractivity contribution in [2.24, 2.45) is 0 Å². The van der Waals surface area contributed by atoms with E-state index in [2.05, 4.69) is 16.0 Å². The van der Waals surface area contributed by atoms with E-state index in [1.54, 1.807) is 30.0 Å². The largest absolute Gasteiger partial charge is 0.463 e. The molecule has 1 aliphatic rings. The van der Waals surface area contributed by atoms with E-state index in [9.17, 15) is 14.4 Å². The van der Waals surface area contributed by atoms with Crippen LogP contribution in [0.1, 0.15) is 48.6 Å². The van der Waals surface area contributed by atoms with E-state index >= 15 is 0 Å². The standard InChI is InChI=1S/C31H34N4O4/c1-5-17-35-28(22-11-8-7-9-12-22)26(29(36)39-6-2)27(34-31(35)38)23-13-10-14-24(19-23)32-30(37)33-25-16-15-20(3)21(4)18-25/h7-16,18-19,27H,5-6,17H2,1-4H3,(H,34,38)(H2,32,33,37). The second-order valence-electron chi connectivity index (χ2n) is 9.39. The van der Waals surface area contributed by atoms with Gasteiger partial charge in [-0.15, -0.1) is 0 Å². The molecule has 3 N–H and O–H groups in total. The Hall–Kier alpha value is -4.59. The van der Waals surface area contributed by atoms with Crippen molar-refractivity contribution < 1.29 is 19.1 Å². The summed E-state index contributed by atoms with van der Waals surface area (Å²) in [5, 5.41) is 8.69. The highest BCUT2D eigenvalue weighted by Crippen LogP contribution is 2.37. The Kier molecular flexibility index (Phi) is 8.66. The van der Waals surface area contributed by atoms with Crippen molar-refractivity contribution in [1.29, 1.82) is 0 Å². The van der Waals surface area contributed by atoms with Gasteiger partial charge in [0.05, 0.1) is 23.9 Å². The van der Waals surface area contributed by atoms with E-state index in [0.717, 1.165) is 16.7 Å². The first kappa shape index (κ1) is 27.4. The fraction of sp³-hybridized carbons (Fsp3) is 0.258. The number of ether oxygens (including phenoxy) is 1. The molecule has 1 unspecified atom stereocenters. The van der Waals surface area contributed by atoms with Gasteiger partial charge in [0.15, 0.2) is 0 Å². The first-order valence-electron chi connectivity index (χ1n) is 13.1. The highest BCUT2D eigenvalue weighted by Gasteiger charge is 2.38. The predicted octanol–water partition coefficient (Wildman–Crippen LogP) is 6.40. The van der Waals surface area contributed by atoms with Crippen LogP contribution in [0.4, 0.5) is 21.0 Å². The van der Waals surface area contributed by atoms with E-state index in [1.165, 1.54) is 0 Å². The number of hydrogen-bond acceptors (Lipinski definition) is 4. The molecule has 0 fully saturated rings. The third kappa shape index (κ3) is 6.29. The normalized spacial score (nSPS) is 15.0. The zero-order chi connectivity index (χ0) is 27.9. The Balaban J connectivity index is 1.71. The zero-order valence-corrected chi connectivity index (χ0v) is 22.7. The van der Waals surface area contributed by atoms with Crippen molar-refractivity contribution in [3.63, 3.8) is 0 Å². The molecule has 1 heterocycles. The van der Waals surface area contributed by atoms with Gasteiger partial charge in [-0.3, -0.25) is 4.90 Å². The molecule has 1 aliphatic heterocycles. The molecule has 8 nitrogen and oxygen atoms in total. The first-order valence-corrected chi connectivity index (χ1v) is 13.1. The van der Waals surface area contributed by atoms with Crippen molar-refractivity contribution >= 4 is 35.1 Å². The van der Waals surface area contributed by atoms with Gasteiger partial charge in [0.25, 0.3) is 0 Å². The quantitative estimate of drug-likeness (QED) is 0.296. The molecule has 8 heteroatoms. The summed E-state index contributed by atoms with van der Waals surface area (Å²) < 4.78 is 5.47. The third-order valence-electron chi connectivity index (χ3n) is 6.56. The summed E-state index contributed by atoms with van der Waals surface area (Å²) in [4.78, 5) is 41.1. The molecule has 0 aromatic heterocycles. The van der Waals surface area contributed by atoms with Crippen molar-refractivity contribution in [2.75, 3.05) is 23.8 Å². The van der Waals surface area contributed by atoms with Crippen LogP contribution in [0.5, 0.6) is 0 Å². The van der Waals surface area contributed by atoms with Crippen LogP contribution in [-0.4, -0.2) is 36.1 Å². The summed E-state index contributed by atoms with van der Waals surface area (Å²) in [5.41, 5.74) is 5.67. The molecule has 3 aromatic rings. The van der Waals surface area contributed by atoms with E-state index in [4.69, 9.17) is 4.74 Å². The maximum Gasteiger partial charge on any atom is 0.338 e. The number of carbonyl (C=O) groups excluding carboxylic acids is 3. The van der Waals surface area contributed by atoms with Crippen LogP contribution >= 0.6 is 0 Å². The number of rotatable bonds is 8. The number of carbonyl (C=O) groups is 3. The molecule has 0 saturated heterocycles. The first-order chi connectivity index (χ1) is 18.8. The SMILES string of the molecule is CCCN1C(=O)NC(c2cccc(NC(=O)Nc3ccc(C)c(C)c3)c2)C(C(=O)OCC)=C1c1ccccc1. The van der Waals surface area contributed by atoms with Gasteiger partial charge in [-0.05, 0) is 73.7 Å². The lowest BCUT2D eigenvalue weighted by atomic mass is 9.91. The lowest BCUT2D eigenvalue weighted by Gasteiger charge is -2.37. The van der Waals surface area contributed by atoms with Gasteiger partial charge >= 0.3 is 18.0 Å². The Morgan fingerprint density at radius 3 is 2.28 bits per heavy atom. The van der Waals surface area contributed by atoms with Crippen molar-refractivity contribution in [2.45, 2.75) is 40.2 Å². The number of urea groups is 2. The van der Waals surface area contributed by atoms with Crippen molar-refractivity contribution in [3.05, 3.63) is 101 Å². The highest BCUT2D eigenvalue weighted by molar-refractivity contribution is 6.05. The number of amides is 4. The van der Waals surface area contributed by atoms with Crippen LogP contribution in [0.2, 0.25) is 0 Å². The molecular weight excluding hydrogens is 492 g/mol. The van der Waals surface area contributed by atoms with Crippen molar-refractivity contribution in [3.8, 4) is 0 Å². The summed E-state index contributed by atoms with van der Waals surface area (Å²) in [5.74, 6) is -0.506. The molecule has 202 valence electrons. The van der Waals surface area contributed by atoms with Gasteiger partial charge in [-0.1, -0.05) is 55.5 Å². The third-order valence-corrected chi connectivity index (χ3v) is 6.56. The summed E-state index contributed by atoms with van der Waals surface area (Å²) in [7, 11) is 0. The number of hydrogen-bond donors (Lipinski definition) is 3. The second kappa shape index (κ2) is 12.3. The van der Waals surface area contributed by atoms with E-state index in [0.29, 0.717) is 41.2 Å². The van der Waals surface area contributed by atoms with Gasteiger partial charge in [0, 0.05) is 17.9 Å². The Bertz CT molecular complexity index is 1400. The minimum Gasteiger partial charge on any atom is -0.463 e. The van der Waals surface area contributed by atoms with Crippen LogP contribution < -0.4 is 16.0 Å². The molecular formula is C31H34N4O4. The summed E-state index contributed by atoms with van der Waals surface area (Å²) in [6.45, 7) is 8.35. The van der Waals surface area contributed by atoms with Crippen LogP contribution in [0, 0.1) is 13.8 Å². The molecule has 4 amide bonds. The van der Waals surface area contributed by atoms with Gasteiger partial charge in [0.2, 0.25) is 0 Å². The molecule has 39 heavy (non-hydrogen) atoms. The van der Waals surface area contributed by atoms with Crippen LogP contribution in [0.25, 0.3) is 5.70 Å². The topological polar surface area (TPSA) is 99.8 Å². The smallest absolute Gasteiger partial charge is 0.338 e. The Labute approximate surface area is 229 Å². The zero-order valence-electron chi connectivity index (χ0n) is 22.7. The van der Waals surface area contributed by atoms with Crippen LogP contribution in [0.3, 0.4) is 0 Å². The molecule has 0 aliphatic carbocycles. The number of anilines is 2. The molecule has 4 rings (SSSR count). The lowest BCUT2D eigenvalue weighted by molar-refractivity contribution is -0.138. The maximum atomic E-state index is 13.4. The average Bonchev–Trinajstić information content (AvgIpc) is 2.92. The van der Waals surface area contributed by atoms with E-state index < -0.39 is 18.0 Å². The second-order valence-corrected chi connectivity index (χ2v) is 9.39. The minimum atomic E-state index is -0.774. The Morgan fingerprint density at radius 1 is 0.897 bits per heavy atom. The summed E-state index contributed by atoms with van der Waals surface area (Å²) in [6, 6.07) is 20.7. The molecule has 0 radical (unpaired) electrons. The number of benzene rings is 3. The van der Waals surface area contributed by atoms with Gasteiger partial charge in [-0.25, -0.2) is 14.4 Å². The molecule has 0 bridgehead atoms. The molecule has 0 saturated carbocycles. The van der Waals surface area contributed by atoms with Crippen LogP contribution in [0.15, 0.2) is 78.4 Å². The number of nitrogens with one attached hydrogen (secondary N) is 3. The summed E-state index contributed by atoms with van der Waals surface area (Å²) in [6.07, 6.45) is 0.708. The molecule has 3 aromatic carbocycles. The minimum absolute atomic E-state index is 0.194. The monoisotopic (exact) mass is 526 g/mol. The van der Waals surface area contributed by atoms with Crippen molar-refractivity contribution in [1.82, 2.24) is 10.2 Å². The van der Waals surface area contributed by atoms with Gasteiger partial charge in [0.1, 0.15) is 0 Å². The highest BCUT2D eigenvalue weighted by atomic mass is 16.5. The molecule has 0 spiro atoms. The van der Waals surface area contributed by atoms with E-state index in [-0.39, 0.29) is 12.6 Å². The van der Waals surface area contributed by atoms with Gasteiger partial charge < -0.3 is 20.7 Å². The summed E-state index contributed by atoms with van der Waals surface area (Å²) >= 11 is 0. The number of aryl methyl sites for hydroxylation is 2. The fourth-order valence-electron chi connectivity index (χ4n) is 4.58. The Morgan fingerprint density at radius 2 is 1.62 bits per heavy atom. The van der Waals surface area contributed by atoms with Gasteiger partial charge in [-0.2, -0.15) is 0 Å².